The first-order valence-electron chi connectivity index (χ1n) is 7.21. The lowest BCUT2D eigenvalue weighted by Gasteiger charge is -2.15. The number of rotatable bonds is 6. The summed E-state index contributed by atoms with van der Waals surface area (Å²) in [6, 6.07) is 6.58. The Morgan fingerprint density at radius 3 is 2.43 bits per heavy atom. The summed E-state index contributed by atoms with van der Waals surface area (Å²) in [5.41, 5.74) is 1.37. The van der Waals surface area contributed by atoms with E-state index in [0.29, 0.717) is 17.8 Å². The normalized spacial score (nSPS) is 14.9. The van der Waals surface area contributed by atoms with Gasteiger partial charge in [-0.1, -0.05) is 12.1 Å². The molecule has 1 saturated heterocycles. The van der Waals surface area contributed by atoms with Crippen LogP contribution in [0.5, 0.6) is 0 Å². The second kappa shape index (κ2) is 7.64. The second-order valence-electron chi connectivity index (χ2n) is 5.20. The summed E-state index contributed by atoms with van der Waals surface area (Å²) in [5.74, 6) is -0.865. The van der Waals surface area contributed by atoms with Crippen molar-refractivity contribution < 1.29 is 14.7 Å². The van der Waals surface area contributed by atoms with Crippen molar-refractivity contribution in [1.82, 2.24) is 10.2 Å². The molecule has 0 spiro atoms. The number of amides is 2. The number of carbonyl (C=O) groups is 2. The Labute approximate surface area is 124 Å². The molecule has 1 fully saturated rings. The SMILES string of the molecule is O=C(O)Cc1ccc(NC(=O)NCCN2CCCC2)cc1. The van der Waals surface area contributed by atoms with Crippen LogP contribution in [0.1, 0.15) is 18.4 Å². The smallest absolute Gasteiger partial charge is 0.319 e. The number of benzene rings is 1. The van der Waals surface area contributed by atoms with Crippen molar-refractivity contribution >= 4 is 17.7 Å². The molecule has 21 heavy (non-hydrogen) atoms. The predicted octanol–water partition coefficient (Wildman–Crippen LogP) is 1.53. The van der Waals surface area contributed by atoms with Crippen LogP contribution in [0.15, 0.2) is 24.3 Å². The van der Waals surface area contributed by atoms with Crippen LogP contribution in [-0.4, -0.2) is 48.2 Å². The van der Waals surface area contributed by atoms with Crippen LogP contribution in [0, 0.1) is 0 Å². The summed E-state index contributed by atoms with van der Waals surface area (Å²) in [6.45, 7) is 3.75. The molecule has 0 aromatic heterocycles. The monoisotopic (exact) mass is 291 g/mol. The van der Waals surface area contributed by atoms with Crippen molar-refractivity contribution in [2.45, 2.75) is 19.3 Å². The Kier molecular flexibility index (Phi) is 5.57. The van der Waals surface area contributed by atoms with Gasteiger partial charge in [0.1, 0.15) is 0 Å². The fourth-order valence-electron chi connectivity index (χ4n) is 2.39. The maximum Gasteiger partial charge on any atom is 0.319 e. The topological polar surface area (TPSA) is 81.7 Å². The van der Waals surface area contributed by atoms with Gasteiger partial charge in [0.15, 0.2) is 0 Å². The number of aliphatic carboxylic acids is 1. The van der Waals surface area contributed by atoms with Gasteiger partial charge < -0.3 is 20.6 Å². The van der Waals surface area contributed by atoms with E-state index in [1.807, 2.05) is 0 Å². The molecule has 1 aromatic rings. The van der Waals surface area contributed by atoms with Gasteiger partial charge in [0.2, 0.25) is 0 Å². The first-order valence-corrected chi connectivity index (χ1v) is 7.21. The molecule has 6 nitrogen and oxygen atoms in total. The van der Waals surface area contributed by atoms with Gasteiger partial charge in [-0.15, -0.1) is 0 Å². The molecule has 1 aliphatic heterocycles. The third-order valence-electron chi connectivity index (χ3n) is 3.48. The summed E-state index contributed by atoms with van der Waals surface area (Å²) in [7, 11) is 0. The Bertz CT molecular complexity index is 481. The summed E-state index contributed by atoms with van der Waals surface area (Å²) in [6.07, 6.45) is 2.48. The van der Waals surface area contributed by atoms with Gasteiger partial charge >= 0.3 is 12.0 Å². The van der Waals surface area contributed by atoms with E-state index in [1.165, 1.54) is 12.8 Å². The number of likely N-dealkylation sites (tertiary alicyclic amines) is 1. The Morgan fingerprint density at radius 2 is 1.81 bits per heavy atom. The van der Waals surface area contributed by atoms with Crippen LogP contribution in [0.2, 0.25) is 0 Å². The Morgan fingerprint density at radius 1 is 1.14 bits per heavy atom. The zero-order chi connectivity index (χ0) is 15.1. The van der Waals surface area contributed by atoms with Crippen molar-refractivity contribution in [3.8, 4) is 0 Å². The molecule has 0 bridgehead atoms. The van der Waals surface area contributed by atoms with E-state index in [0.717, 1.165) is 19.6 Å². The minimum atomic E-state index is -0.865. The van der Waals surface area contributed by atoms with Crippen molar-refractivity contribution in [1.29, 1.82) is 0 Å². The van der Waals surface area contributed by atoms with Gasteiger partial charge in [-0.2, -0.15) is 0 Å². The summed E-state index contributed by atoms with van der Waals surface area (Å²) in [4.78, 5) is 24.6. The number of carbonyl (C=O) groups excluding carboxylic acids is 1. The molecule has 114 valence electrons. The number of carboxylic acid groups (broad SMARTS) is 1. The summed E-state index contributed by atoms with van der Waals surface area (Å²) < 4.78 is 0. The van der Waals surface area contributed by atoms with Crippen molar-refractivity contribution in [2.75, 3.05) is 31.5 Å². The molecule has 2 amide bonds. The minimum absolute atomic E-state index is 0.0116. The summed E-state index contributed by atoms with van der Waals surface area (Å²) >= 11 is 0. The third-order valence-corrected chi connectivity index (χ3v) is 3.48. The highest BCUT2D eigenvalue weighted by Crippen LogP contribution is 2.10. The lowest BCUT2D eigenvalue weighted by atomic mass is 10.1. The predicted molar refractivity (Wildman–Crippen MR) is 80.5 cm³/mol. The van der Waals surface area contributed by atoms with Crippen molar-refractivity contribution in [3.63, 3.8) is 0 Å². The van der Waals surface area contributed by atoms with E-state index < -0.39 is 5.97 Å². The average Bonchev–Trinajstić information content (AvgIpc) is 2.93. The largest absolute Gasteiger partial charge is 0.481 e. The Hall–Kier alpha value is -2.08. The highest BCUT2D eigenvalue weighted by molar-refractivity contribution is 5.89. The van der Waals surface area contributed by atoms with E-state index in [9.17, 15) is 9.59 Å². The van der Waals surface area contributed by atoms with Crippen LogP contribution in [0.3, 0.4) is 0 Å². The lowest BCUT2D eigenvalue weighted by Crippen LogP contribution is -2.35. The minimum Gasteiger partial charge on any atom is -0.481 e. The molecule has 6 heteroatoms. The maximum atomic E-state index is 11.7. The number of anilines is 1. The van der Waals surface area contributed by atoms with Crippen molar-refractivity contribution in [2.24, 2.45) is 0 Å². The van der Waals surface area contributed by atoms with E-state index in [4.69, 9.17) is 5.11 Å². The van der Waals surface area contributed by atoms with Crippen LogP contribution in [0.25, 0.3) is 0 Å². The van der Waals surface area contributed by atoms with Crippen LogP contribution < -0.4 is 10.6 Å². The molecular weight excluding hydrogens is 270 g/mol. The number of nitrogens with zero attached hydrogens (tertiary/aromatic N) is 1. The number of hydrogen-bond acceptors (Lipinski definition) is 3. The number of carboxylic acids is 1. The van der Waals surface area contributed by atoms with Crippen LogP contribution >= 0.6 is 0 Å². The third kappa shape index (κ3) is 5.43. The highest BCUT2D eigenvalue weighted by Gasteiger charge is 2.11. The molecule has 0 aliphatic carbocycles. The quantitative estimate of drug-likeness (QED) is 0.742. The van der Waals surface area contributed by atoms with Gasteiger partial charge in [-0.25, -0.2) is 4.79 Å². The van der Waals surface area contributed by atoms with E-state index in [1.54, 1.807) is 24.3 Å². The van der Waals surface area contributed by atoms with Crippen molar-refractivity contribution in [3.05, 3.63) is 29.8 Å². The number of hydrogen-bond donors (Lipinski definition) is 3. The van der Waals surface area contributed by atoms with Gasteiger partial charge in [0.25, 0.3) is 0 Å². The first-order chi connectivity index (χ1) is 10.1. The first kappa shape index (κ1) is 15.3. The summed E-state index contributed by atoms with van der Waals surface area (Å²) in [5, 5.41) is 14.2. The molecule has 0 saturated carbocycles. The molecule has 2 rings (SSSR count). The maximum absolute atomic E-state index is 11.7. The standard InChI is InChI=1S/C15H21N3O3/c19-14(20)11-12-3-5-13(6-4-12)17-15(21)16-7-10-18-8-1-2-9-18/h3-6H,1-2,7-11H2,(H,19,20)(H2,16,17,21). The highest BCUT2D eigenvalue weighted by atomic mass is 16.4. The van der Waals surface area contributed by atoms with Crippen LogP contribution in [0.4, 0.5) is 10.5 Å². The Balaban J connectivity index is 1.70. The molecule has 0 atom stereocenters. The molecular formula is C15H21N3O3. The van der Waals surface area contributed by atoms with Gasteiger partial charge in [0, 0.05) is 18.8 Å². The number of nitrogens with one attached hydrogen (secondary N) is 2. The molecule has 1 aliphatic rings. The zero-order valence-corrected chi connectivity index (χ0v) is 12.0. The van der Waals surface area contributed by atoms with Gasteiger partial charge in [0.05, 0.1) is 6.42 Å². The average molecular weight is 291 g/mol. The van der Waals surface area contributed by atoms with E-state index >= 15 is 0 Å². The fraction of sp³-hybridized carbons (Fsp3) is 0.467. The second-order valence-corrected chi connectivity index (χ2v) is 5.20. The van der Waals surface area contributed by atoms with Gasteiger partial charge in [-0.3, -0.25) is 4.79 Å². The molecule has 0 radical (unpaired) electrons. The molecule has 1 aromatic carbocycles. The van der Waals surface area contributed by atoms with Crippen LogP contribution in [-0.2, 0) is 11.2 Å². The van der Waals surface area contributed by atoms with E-state index in [2.05, 4.69) is 15.5 Å². The van der Waals surface area contributed by atoms with E-state index in [-0.39, 0.29) is 12.5 Å². The molecule has 1 heterocycles. The fourth-order valence-corrected chi connectivity index (χ4v) is 2.39. The van der Waals surface area contributed by atoms with Gasteiger partial charge in [-0.05, 0) is 43.6 Å². The molecule has 0 unspecified atom stereocenters. The lowest BCUT2D eigenvalue weighted by molar-refractivity contribution is -0.136. The zero-order valence-electron chi connectivity index (χ0n) is 12.0. The molecule has 3 N–H and O–H groups in total. The number of urea groups is 1.